The van der Waals surface area contributed by atoms with Crippen LogP contribution in [0.2, 0.25) is 0 Å². The summed E-state index contributed by atoms with van der Waals surface area (Å²) in [6.07, 6.45) is 6.81. The lowest BCUT2D eigenvalue weighted by Crippen LogP contribution is -2.51. The largest absolute Gasteiger partial charge is 0.497 e. The smallest absolute Gasteiger partial charge is 0.231 e. The highest BCUT2D eigenvalue weighted by molar-refractivity contribution is 5.88. The molecule has 0 bridgehead atoms. The molecule has 2 aromatic carbocycles. The van der Waals surface area contributed by atoms with E-state index in [-0.39, 0.29) is 18.1 Å². The second kappa shape index (κ2) is 9.26. The third-order valence-corrected chi connectivity index (χ3v) is 7.81. The van der Waals surface area contributed by atoms with Crippen molar-refractivity contribution in [1.82, 2.24) is 5.32 Å². The topological polar surface area (TPSA) is 66.0 Å². The summed E-state index contributed by atoms with van der Waals surface area (Å²) in [7, 11) is 1.67. The Morgan fingerprint density at radius 3 is 2.33 bits per heavy atom. The van der Waals surface area contributed by atoms with Gasteiger partial charge in [0.15, 0.2) is 11.5 Å². The van der Waals surface area contributed by atoms with E-state index in [9.17, 15) is 4.79 Å². The standard InChI is InChI=1S/C27H33NO5/c1-30-22-8-5-20(6-9-22)27(11-3-2-4-12-27)25(29)28-18-26(13-15-31-16-14-26)21-7-10-23-24(17-21)33-19-32-23/h5-10,17H,2-4,11-16,18-19H2,1H3,(H,28,29). The molecule has 2 heterocycles. The van der Waals surface area contributed by atoms with E-state index in [1.54, 1.807) is 7.11 Å². The average molecular weight is 452 g/mol. The van der Waals surface area contributed by atoms with Gasteiger partial charge < -0.3 is 24.3 Å². The second-order valence-corrected chi connectivity index (χ2v) is 9.51. The van der Waals surface area contributed by atoms with Gasteiger partial charge in [-0.05, 0) is 61.1 Å². The molecule has 0 atom stereocenters. The average Bonchev–Trinajstić information content (AvgIpc) is 3.36. The molecule has 0 radical (unpaired) electrons. The van der Waals surface area contributed by atoms with Crippen LogP contribution in [-0.4, -0.2) is 39.6 Å². The molecular formula is C27H33NO5. The normalized spacial score (nSPS) is 20.8. The Balaban J connectivity index is 1.40. The lowest BCUT2D eigenvalue weighted by atomic mass is 9.68. The first-order chi connectivity index (χ1) is 16.2. The van der Waals surface area contributed by atoms with E-state index < -0.39 is 5.41 Å². The van der Waals surface area contributed by atoms with Gasteiger partial charge >= 0.3 is 0 Å². The number of methoxy groups -OCH3 is 1. The van der Waals surface area contributed by atoms with E-state index in [2.05, 4.69) is 29.6 Å². The Labute approximate surface area is 195 Å². The molecule has 2 aromatic rings. The number of hydrogen-bond donors (Lipinski definition) is 1. The van der Waals surface area contributed by atoms with Gasteiger partial charge in [0.05, 0.1) is 12.5 Å². The predicted octanol–water partition coefficient (Wildman–Crippen LogP) is 4.49. The van der Waals surface area contributed by atoms with Crippen molar-refractivity contribution in [3.05, 3.63) is 53.6 Å². The van der Waals surface area contributed by atoms with Crippen LogP contribution in [0.15, 0.2) is 42.5 Å². The molecule has 1 amide bonds. The molecule has 5 rings (SSSR count). The second-order valence-electron chi connectivity index (χ2n) is 9.51. The van der Waals surface area contributed by atoms with Gasteiger partial charge in [-0.15, -0.1) is 0 Å². The van der Waals surface area contributed by atoms with Gasteiger partial charge in [0.25, 0.3) is 0 Å². The predicted molar refractivity (Wildman–Crippen MR) is 125 cm³/mol. The van der Waals surface area contributed by atoms with Crippen LogP contribution in [-0.2, 0) is 20.4 Å². The number of benzene rings is 2. The Bertz CT molecular complexity index is 975. The van der Waals surface area contributed by atoms with Gasteiger partial charge in [0.1, 0.15) is 5.75 Å². The van der Waals surface area contributed by atoms with Crippen LogP contribution in [0, 0.1) is 0 Å². The first-order valence-electron chi connectivity index (χ1n) is 12.1. The number of nitrogens with one attached hydrogen (secondary N) is 1. The molecule has 0 aromatic heterocycles. The number of carbonyl (C=O) groups is 1. The zero-order chi connectivity index (χ0) is 22.7. The van der Waals surface area contributed by atoms with Crippen molar-refractivity contribution in [2.24, 2.45) is 0 Å². The van der Waals surface area contributed by atoms with Gasteiger partial charge in [-0.3, -0.25) is 4.79 Å². The molecule has 0 spiro atoms. The maximum Gasteiger partial charge on any atom is 0.231 e. The van der Waals surface area contributed by atoms with Crippen molar-refractivity contribution in [1.29, 1.82) is 0 Å². The van der Waals surface area contributed by atoms with E-state index in [1.165, 1.54) is 12.0 Å². The summed E-state index contributed by atoms with van der Waals surface area (Å²) in [5.41, 5.74) is 1.61. The highest BCUT2D eigenvalue weighted by atomic mass is 16.7. The minimum Gasteiger partial charge on any atom is -0.497 e. The fourth-order valence-electron chi connectivity index (χ4n) is 5.69. The van der Waals surface area contributed by atoms with Gasteiger partial charge in [0, 0.05) is 25.2 Å². The summed E-state index contributed by atoms with van der Waals surface area (Å²) in [6.45, 7) is 2.23. The monoisotopic (exact) mass is 451 g/mol. The molecule has 2 fully saturated rings. The van der Waals surface area contributed by atoms with Crippen molar-refractivity contribution >= 4 is 5.91 Å². The summed E-state index contributed by atoms with van der Waals surface area (Å²) in [5.74, 6) is 2.52. The molecule has 6 heteroatoms. The van der Waals surface area contributed by atoms with Crippen LogP contribution in [0.25, 0.3) is 0 Å². The summed E-state index contributed by atoms with van der Waals surface area (Å²) in [4.78, 5) is 13.9. The lowest BCUT2D eigenvalue weighted by Gasteiger charge is -2.41. The van der Waals surface area contributed by atoms with Crippen LogP contribution in [0.5, 0.6) is 17.2 Å². The molecule has 1 saturated heterocycles. The Morgan fingerprint density at radius 2 is 1.61 bits per heavy atom. The molecule has 1 N–H and O–H groups in total. The summed E-state index contributed by atoms with van der Waals surface area (Å²) >= 11 is 0. The fraction of sp³-hybridized carbons (Fsp3) is 0.519. The van der Waals surface area contributed by atoms with Gasteiger partial charge in [0.2, 0.25) is 12.7 Å². The minimum absolute atomic E-state index is 0.138. The van der Waals surface area contributed by atoms with Crippen LogP contribution in [0.1, 0.15) is 56.1 Å². The molecule has 0 unspecified atom stereocenters. The van der Waals surface area contributed by atoms with Crippen molar-refractivity contribution < 1.29 is 23.7 Å². The van der Waals surface area contributed by atoms with Gasteiger partial charge in [-0.2, -0.15) is 0 Å². The lowest BCUT2D eigenvalue weighted by molar-refractivity contribution is -0.128. The highest BCUT2D eigenvalue weighted by Gasteiger charge is 2.43. The van der Waals surface area contributed by atoms with Crippen LogP contribution >= 0.6 is 0 Å². The number of hydrogen-bond acceptors (Lipinski definition) is 5. The molecule has 2 aliphatic heterocycles. The van der Waals surface area contributed by atoms with E-state index >= 15 is 0 Å². The first-order valence-corrected chi connectivity index (χ1v) is 12.1. The quantitative estimate of drug-likeness (QED) is 0.701. The SMILES string of the molecule is COc1ccc(C2(C(=O)NCC3(c4ccc5c(c4)OCO5)CCOCC3)CCCCC2)cc1. The summed E-state index contributed by atoms with van der Waals surface area (Å²) < 4.78 is 22.2. The number of fused-ring (bicyclic) bond motifs is 1. The van der Waals surface area contributed by atoms with Crippen molar-refractivity contribution in [2.75, 3.05) is 33.7 Å². The molecule has 1 aliphatic carbocycles. The van der Waals surface area contributed by atoms with E-state index in [1.807, 2.05) is 18.2 Å². The maximum absolute atomic E-state index is 13.9. The zero-order valence-electron chi connectivity index (χ0n) is 19.4. The van der Waals surface area contributed by atoms with Crippen LogP contribution < -0.4 is 19.5 Å². The molecule has 1 saturated carbocycles. The highest BCUT2D eigenvalue weighted by Crippen LogP contribution is 2.43. The maximum atomic E-state index is 13.9. The zero-order valence-corrected chi connectivity index (χ0v) is 19.4. The Kier molecular flexibility index (Phi) is 6.19. The molecule has 176 valence electrons. The third kappa shape index (κ3) is 4.17. The molecule has 3 aliphatic rings. The number of carbonyl (C=O) groups excluding carboxylic acids is 1. The number of amides is 1. The van der Waals surface area contributed by atoms with Crippen molar-refractivity contribution in [3.8, 4) is 17.2 Å². The van der Waals surface area contributed by atoms with Crippen LogP contribution in [0.3, 0.4) is 0 Å². The molecule has 6 nitrogen and oxygen atoms in total. The van der Waals surface area contributed by atoms with Crippen molar-refractivity contribution in [2.45, 2.75) is 55.8 Å². The van der Waals surface area contributed by atoms with E-state index in [0.29, 0.717) is 19.8 Å². The van der Waals surface area contributed by atoms with Crippen molar-refractivity contribution in [3.63, 3.8) is 0 Å². The molecule has 33 heavy (non-hydrogen) atoms. The van der Waals surface area contributed by atoms with E-state index in [4.69, 9.17) is 18.9 Å². The van der Waals surface area contributed by atoms with Gasteiger partial charge in [-0.25, -0.2) is 0 Å². The van der Waals surface area contributed by atoms with Gasteiger partial charge in [-0.1, -0.05) is 37.5 Å². The summed E-state index contributed by atoms with van der Waals surface area (Å²) in [5, 5.41) is 3.40. The number of ether oxygens (including phenoxy) is 4. The van der Waals surface area contributed by atoms with E-state index in [0.717, 1.165) is 61.3 Å². The third-order valence-electron chi connectivity index (χ3n) is 7.81. The Hall–Kier alpha value is -2.73. The number of rotatable bonds is 6. The van der Waals surface area contributed by atoms with Crippen LogP contribution in [0.4, 0.5) is 0 Å². The molecular weight excluding hydrogens is 418 g/mol. The first kappa shape index (κ1) is 22.1. The summed E-state index contributed by atoms with van der Waals surface area (Å²) in [6, 6.07) is 14.2. The fourth-order valence-corrected chi connectivity index (χ4v) is 5.69. The Morgan fingerprint density at radius 1 is 0.909 bits per heavy atom. The minimum atomic E-state index is -0.480.